The lowest BCUT2D eigenvalue weighted by Gasteiger charge is -2.05. The number of aromatic nitrogens is 1. The van der Waals surface area contributed by atoms with E-state index in [1.165, 1.54) is 11.3 Å². The largest absolute Gasteiger partial charge is 0.375 e. The molecule has 1 heterocycles. The van der Waals surface area contributed by atoms with Gasteiger partial charge in [-0.1, -0.05) is 96.3 Å². The van der Waals surface area contributed by atoms with Crippen molar-refractivity contribution in [1.82, 2.24) is 4.98 Å². The fourth-order valence-electron chi connectivity index (χ4n) is 2.86. The molecule has 0 radical (unpaired) electrons. The second-order valence-electron chi connectivity index (χ2n) is 5.87. The van der Waals surface area contributed by atoms with E-state index >= 15 is 0 Å². The number of carbonyl (C=O) groups excluding carboxylic acids is 1. The van der Waals surface area contributed by atoms with Gasteiger partial charge < -0.3 is 5.73 Å². The van der Waals surface area contributed by atoms with Gasteiger partial charge in [-0.15, -0.1) is 0 Å². The highest BCUT2D eigenvalue weighted by molar-refractivity contribution is 7.18. The summed E-state index contributed by atoms with van der Waals surface area (Å²) in [6, 6.07) is 27.4. The Hall–Kier alpha value is -3.24. The Morgan fingerprint density at radius 2 is 1.27 bits per heavy atom. The van der Waals surface area contributed by atoms with Gasteiger partial charge in [0.1, 0.15) is 4.88 Å². The van der Waals surface area contributed by atoms with Crippen LogP contribution in [0.4, 0.5) is 5.13 Å². The number of nitrogen functional groups attached to an aromatic ring is 1. The third kappa shape index (κ3) is 3.15. The van der Waals surface area contributed by atoms with Gasteiger partial charge in [0.2, 0.25) is 5.78 Å². The first-order chi connectivity index (χ1) is 12.7. The zero-order chi connectivity index (χ0) is 17.9. The number of nitrogens with two attached hydrogens (primary N) is 1. The van der Waals surface area contributed by atoms with Crippen molar-refractivity contribution in [3.8, 4) is 22.4 Å². The minimum atomic E-state index is -0.0577. The molecule has 2 N–H and O–H groups in total. The normalized spacial score (nSPS) is 10.6. The van der Waals surface area contributed by atoms with Gasteiger partial charge in [-0.05, 0) is 11.1 Å². The molecule has 0 unspecified atom stereocenters. The maximum atomic E-state index is 13.0. The summed E-state index contributed by atoms with van der Waals surface area (Å²) in [6.45, 7) is 0. The highest BCUT2D eigenvalue weighted by atomic mass is 32.1. The molecule has 0 aliphatic heterocycles. The monoisotopic (exact) mass is 356 g/mol. The van der Waals surface area contributed by atoms with Crippen molar-refractivity contribution in [2.75, 3.05) is 5.73 Å². The van der Waals surface area contributed by atoms with E-state index in [1.807, 2.05) is 84.9 Å². The summed E-state index contributed by atoms with van der Waals surface area (Å²) in [5.41, 5.74) is 10.3. The third-order valence-electron chi connectivity index (χ3n) is 4.15. The molecule has 0 amide bonds. The van der Waals surface area contributed by atoms with Gasteiger partial charge >= 0.3 is 0 Å². The van der Waals surface area contributed by atoms with E-state index in [9.17, 15) is 4.79 Å². The van der Waals surface area contributed by atoms with E-state index in [2.05, 4.69) is 4.98 Å². The van der Waals surface area contributed by atoms with Crippen LogP contribution in [0.3, 0.4) is 0 Å². The summed E-state index contributed by atoms with van der Waals surface area (Å²) in [6.07, 6.45) is 0. The van der Waals surface area contributed by atoms with Gasteiger partial charge in [-0.3, -0.25) is 4.79 Å². The molecule has 0 bridgehead atoms. The molecule has 0 atom stereocenters. The van der Waals surface area contributed by atoms with E-state index in [1.54, 1.807) is 0 Å². The molecular weight excluding hydrogens is 340 g/mol. The first kappa shape index (κ1) is 16.2. The molecule has 126 valence electrons. The standard InChI is InChI=1S/C22H16N2OS/c23-22-24-19(17-9-5-2-6-10-17)21(26-22)20(25)18-13-11-16(12-14-18)15-7-3-1-4-8-15/h1-14H,(H2,23,24). The zero-order valence-corrected chi connectivity index (χ0v) is 14.7. The van der Waals surface area contributed by atoms with E-state index in [4.69, 9.17) is 5.73 Å². The van der Waals surface area contributed by atoms with Gasteiger partial charge in [0.25, 0.3) is 0 Å². The van der Waals surface area contributed by atoms with Gasteiger partial charge in [0.05, 0.1) is 5.69 Å². The Balaban J connectivity index is 1.69. The maximum Gasteiger partial charge on any atom is 0.205 e. The lowest BCUT2D eigenvalue weighted by atomic mass is 10.0. The van der Waals surface area contributed by atoms with Crippen molar-refractivity contribution < 1.29 is 4.79 Å². The minimum Gasteiger partial charge on any atom is -0.375 e. The molecule has 0 aliphatic rings. The van der Waals surface area contributed by atoms with E-state index in [0.717, 1.165) is 16.7 Å². The number of thiazole rings is 1. The number of anilines is 1. The number of carbonyl (C=O) groups is 1. The topological polar surface area (TPSA) is 56.0 Å². The molecular formula is C22H16N2OS. The van der Waals surface area contributed by atoms with Crippen molar-refractivity contribution in [2.45, 2.75) is 0 Å². The summed E-state index contributed by atoms with van der Waals surface area (Å²) < 4.78 is 0. The third-order valence-corrected chi connectivity index (χ3v) is 5.03. The van der Waals surface area contributed by atoms with Crippen LogP contribution in [0, 0.1) is 0 Å². The van der Waals surface area contributed by atoms with E-state index < -0.39 is 0 Å². The molecule has 0 saturated carbocycles. The van der Waals surface area contributed by atoms with Crippen molar-refractivity contribution in [3.05, 3.63) is 95.4 Å². The Bertz CT molecular complexity index is 1040. The van der Waals surface area contributed by atoms with Crippen molar-refractivity contribution in [2.24, 2.45) is 0 Å². The highest BCUT2D eigenvalue weighted by Gasteiger charge is 2.20. The Kier molecular flexibility index (Phi) is 4.33. The van der Waals surface area contributed by atoms with Crippen LogP contribution in [-0.4, -0.2) is 10.8 Å². The fourth-order valence-corrected chi connectivity index (χ4v) is 3.67. The average Bonchev–Trinajstić information content (AvgIpc) is 3.11. The van der Waals surface area contributed by atoms with Crippen molar-refractivity contribution >= 4 is 22.3 Å². The molecule has 0 saturated heterocycles. The molecule has 4 aromatic rings. The van der Waals surface area contributed by atoms with Crippen LogP contribution in [0.25, 0.3) is 22.4 Å². The quantitative estimate of drug-likeness (QED) is 0.505. The number of hydrogen-bond donors (Lipinski definition) is 1. The number of hydrogen-bond acceptors (Lipinski definition) is 4. The van der Waals surface area contributed by atoms with Gasteiger partial charge in [-0.2, -0.15) is 0 Å². The van der Waals surface area contributed by atoms with Crippen molar-refractivity contribution in [1.29, 1.82) is 0 Å². The molecule has 4 rings (SSSR count). The second-order valence-corrected chi connectivity index (χ2v) is 6.90. The molecule has 0 aliphatic carbocycles. The second kappa shape index (κ2) is 6.94. The number of nitrogens with zero attached hydrogens (tertiary/aromatic N) is 1. The lowest BCUT2D eigenvalue weighted by molar-refractivity contribution is 0.104. The summed E-state index contributed by atoms with van der Waals surface area (Å²) in [7, 11) is 0. The Labute approximate surface area is 155 Å². The molecule has 0 spiro atoms. The Morgan fingerprint density at radius 1 is 0.731 bits per heavy atom. The van der Waals surface area contributed by atoms with Gasteiger partial charge in [-0.25, -0.2) is 4.98 Å². The predicted molar refractivity (Wildman–Crippen MR) is 107 cm³/mol. The molecule has 3 nitrogen and oxygen atoms in total. The first-order valence-corrected chi connectivity index (χ1v) is 9.06. The number of ketones is 1. The molecule has 3 aromatic carbocycles. The van der Waals surface area contributed by atoms with Crippen LogP contribution < -0.4 is 5.73 Å². The maximum absolute atomic E-state index is 13.0. The SMILES string of the molecule is Nc1nc(-c2ccccc2)c(C(=O)c2ccc(-c3ccccc3)cc2)s1. The summed E-state index contributed by atoms with van der Waals surface area (Å²) in [5, 5.41) is 0.396. The smallest absolute Gasteiger partial charge is 0.205 e. The van der Waals surface area contributed by atoms with Crippen LogP contribution in [0.5, 0.6) is 0 Å². The van der Waals surface area contributed by atoms with Crippen LogP contribution >= 0.6 is 11.3 Å². The average molecular weight is 356 g/mol. The van der Waals surface area contributed by atoms with Crippen LogP contribution in [0.2, 0.25) is 0 Å². The summed E-state index contributed by atoms with van der Waals surface area (Å²) in [4.78, 5) is 18.0. The van der Waals surface area contributed by atoms with E-state index in [0.29, 0.717) is 21.3 Å². The van der Waals surface area contributed by atoms with Crippen molar-refractivity contribution in [3.63, 3.8) is 0 Å². The minimum absolute atomic E-state index is 0.0577. The first-order valence-electron chi connectivity index (χ1n) is 8.24. The number of rotatable bonds is 4. The number of benzene rings is 3. The summed E-state index contributed by atoms with van der Waals surface area (Å²) in [5.74, 6) is -0.0577. The summed E-state index contributed by atoms with van der Waals surface area (Å²) >= 11 is 1.23. The molecule has 26 heavy (non-hydrogen) atoms. The zero-order valence-electron chi connectivity index (χ0n) is 13.9. The van der Waals surface area contributed by atoms with Gasteiger partial charge in [0.15, 0.2) is 5.13 Å². The van der Waals surface area contributed by atoms with Crippen LogP contribution in [-0.2, 0) is 0 Å². The van der Waals surface area contributed by atoms with Crippen LogP contribution in [0.1, 0.15) is 15.2 Å². The van der Waals surface area contributed by atoms with Crippen LogP contribution in [0.15, 0.2) is 84.9 Å². The molecule has 0 fully saturated rings. The van der Waals surface area contributed by atoms with E-state index in [-0.39, 0.29) is 5.78 Å². The molecule has 4 heteroatoms. The Morgan fingerprint density at radius 3 is 1.88 bits per heavy atom. The fraction of sp³-hybridized carbons (Fsp3) is 0. The predicted octanol–water partition coefficient (Wildman–Crippen LogP) is 5.29. The molecule has 1 aromatic heterocycles. The van der Waals surface area contributed by atoms with Gasteiger partial charge in [0, 0.05) is 11.1 Å². The lowest BCUT2D eigenvalue weighted by Crippen LogP contribution is -2.00. The highest BCUT2D eigenvalue weighted by Crippen LogP contribution is 2.32.